The molecule has 0 bridgehead atoms. The molecular weight excluding hydrogens is 274 g/mol. The number of nitrogens with zero attached hydrogens (tertiary/aromatic N) is 4. The van der Waals surface area contributed by atoms with Gasteiger partial charge < -0.3 is 9.84 Å². The Labute approximate surface area is 118 Å². The molecule has 3 rings (SSSR count). The van der Waals surface area contributed by atoms with Crippen molar-refractivity contribution in [2.75, 3.05) is 5.32 Å². The smallest absolute Gasteiger partial charge is 0.277 e. The summed E-state index contributed by atoms with van der Waals surface area (Å²) in [5.74, 6) is 0.0442. The van der Waals surface area contributed by atoms with Crippen LogP contribution in [0.3, 0.4) is 0 Å². The lowest BCUT2D eigenvalue weighted by atomic mass is 10.2. The minimum absolute atomic E-state index is 0.0831. The van der Waals surface area contributed by atoms with Gasteiger partial charge in [-0.2, -0.15) is 0 Å². The maximum Gasteiger partial charge on any atom is 0.277 e. The van der Waals surface area contributed by atoms with E-state index < -0.39 is 0 Å². The Kier molecular flexibility index (Phi) is 3.42. The molecule has 0 fully saturated rings. The average molecular weight is 285 g/mol. The van der Waals surface area contributed by atoms with Crippen molar-refractivity contribution in [2.45, 2.75) is 13.0 Å². The zero-order valence-corrected chi connectivity index (χ0v) is 10.9. The van der Waals surface area contributed by atoms with E-state index >= 15 is 0 Å². The third-order valence-corrected chi connectivity index (χ3v) is 2.89. The second-order valence-electron chi connectivity index (χ2n) is 4.32. The quantitative estimate of drug-likeness (QED) is 0.760. The lowest BCUT2D eigenvalue weighted by Gasteiger charge is -2.04. The molecule has 1 aromatic carbocycles. The molecule has 0 aliphatic heterocycles. The minimum atomic E-state index is -0.286. The molecule has 8 nitrogen and oxygen atoms in total. The monoisotopic (exact) mass is 285 g/mol. The maximum atomic E-state index is 12.2. The molecule has 8 heteroatoms. The first-order chi connectivity index (χ1) is 10.2. The number of aromatic nitrogens is 4. The van der Waals surface area contributed by atoms with Crippen LogP contribution in [0.5, 0.6) is 0 Å². The first kappa shape index (κ1) is 13.0. The Balaban J connectivity index is 1.72. The highest BCUT2D eigenvalue weighted by molar-refractivity contribution is 5.89. The molecule has 2 aromatic heterocycles. The van der Waals surface area contributed by atoms with Gasteiger partial charge >= 0.3 is 0 Å². The molecular formula is C13H11N5O3. The summed E-state index contributed by atoms with van der Waals surface area (Å²) in [6.07, 6.45) is 1.44. The number of carbonyl (C=O) groups is 1. The van der Waals surface area contributed by atoms with Gasteiger partial charge in [0.2, 0.25) is 5.91 Å². The van der Waals surface area contributed by atoms with E-state index in [2.05, 4.69) is 25.3 Å². The molecule has 1 amide bonds. The molecule has 0 unspecified atom stereocenters. The van der Waals surface area contributed by atoms with E-state index in [0.717, 1.165) is 0 Å². The van der Waals surface area contributed by atoms with Crippen LogP contribution in [0.1, 0.15) is 6.42 Å². The Bertz CT molecular complexity index is 825. The number of carbonyl (C=O) groups excluding carboxylic acids is 1. The average Bonchev–Trinajstić information content (AvgIpc) is 3.00. The Hall–Kier alpha value is -3.03. The molecule has 106 valence electrons. The van der Waals surface area contributed by atoms with Gasteiger partial charge in [-0.05, 0) is 12.1 Å². The summed E-state index contributed by atoms with van der Waals surface area (Å²) in [4.78, 5) is 23.9. The van der Waals surface area contributed by atoms with Crippen LogP contribution < -0.4 is 10.9 Å². The van der Waals surface area contributed by atoms with E-state index in [1.54, 1.807) is 24.3 Å². The van der Waals surface area contributed by atoms with Crippen LogP contribution >= 0.6 is 0 Å². The summed E-state index contributed by atoms with van der Waals surface area (Å²) < 4.78 is 5.77. The van der Waals surface area contributed by atoms with Gasteiger partial charge in [-0.25, -0.2) is 4.68 Å². The molecule has 1 N–H and O–H groups in total. The number of rotatable bonds is 4. The zero-order chi connectivity index (χ0) is 14.7. The highest BCUT2D eigenvalue weighted by Crippen LogP contribution is 2.04. The zero-order valence-electron chi connectivity index (χ0n) is 10.9. The van der Waals surface area contributed by atoms with Crippen molar-refractivity contribution in [3.8, 4) is 0 Å². The van der Waals surface area contributed by atoms with Gasteiger partial charge in [-0.15, -0.1) is 5.10 Å². The van der Waals surface area contributed by atoms with Gasteiger partial charge in [0.1, 0.15) is 11.8 Å². The summed E-state index contributed by atoms with van der Waals surface area (Å²) in [6, 6.07) is 8.46. The minimum Gasteiger partial charge on any atom is -0.363 e. The van der Waals surface area contributed by atoms with Crippen LogP contribution in [0.25, 0.3) is 10.9 Å². The van der Waals surface area contributed by atoms with Crippen LogP contribution in [0.15, 0.2) is 45.9 Å². The number of nitrogens with one attached hydrogen (secondary N) is 1. The Morgan fingerprint density at radius 2 is 2.14 bits per heavy atom. The fraction of sp³-hybridized carbons (Fsp3) is 0.154. The highest BCUT2D eigenvalue weighted by Gasteiger charge is 2.08. The van der Waals surface area contributed by atoms with E-state index in [-0.39, 0.29) is 24.4 Å². The predicted octanol–water partition coefficient (Wildman–Crippen LogP) is 0.808. The lowest BCUT2D eigenvalue weighted by molar-refractivity contribution is -0.116. The molecule has 2 heterocycles. The van der Waals surface area contributed by atoms with Crippen molar-refractivity contribution in [3.63, 3.8) is 0 Å². The van der Waals surface area contributed by atoms with Crippen LogP contribution in [-0.2, 0) is 11.3 Å². The molecule has 0 saturated heterocycles. The van der Waals surface area contributed by atoms with E-state index in [9.17, 15) is 9.59 Å². The molecule has 0 aliphatic carbocycles. The molecule has 0 atom stereocenters. The van der Waals surface area contributed by atoms with Crippen LogP contribution in [0, 0.1) is 0 Å². The molecule has 0 spiro atoms. The predicted molar refractivity (Wildman–Crippen MR) is 73.5 cm³/mol. The van der Waals surface area contributed by atoms with Crippen LogP contribution in [0.4, 0.5) is 5.82 Å². The summed E-state index contributed by atoms with van der Waals surface area (Å²) in [5, 5.41) is 14.3. The largest absolute Gasteiger partial charge is 0.363 e. The first-order valence-corrected chi connectivity index (χ1v) is 6.27. The van der Waals surface area contributed by atoms with Crippen molar-refractivity contribution >= 4 is 22.6 Å². The van der Waals surface area contributed by atoms with Crippen LogP contribution in [0.2, 0.25) is 0 Å². The SMILES string of the molecule is O=C(CCn1nnc2ccccc2c1=O)Nc1ccon1. The summed E-state index contributed by atoms with van der Waals surface area (Å²) in [5.41, 5.74) is 0.264. The van der Waals surface area contributed by atoms with Gasteiger partial charge in [0, 0.05) is 12.5 Å². The summed E-state index contributed by atoms with van der Waals surface area (Å²) in [6.45, 7) is 0.139. The second kappa shape index (κ2) is 5.53. The molecule has 0 aliphatic rings. The topological polar surface area (TPSA) is 103 Å². The Morgan fingerprint density at radius 3 is 2.95 bits per heavy atom. The number of amides is 1. The van der Waals surface area contributed by atoms with Crippen molar-refractivity contribution in [2.24, 2.45) is 0 Å². The summed E-state index contributed by atoms with van der Waals surface area (Å²) >= 11 is 0. The summed E-state index contributed by atoms with van der Waals surface area (Å²) in [7, 11) is 0. The number of benzene rings is 1. The van der Waals surface area contributed by atoms with E-state index in [1.807, 2.05) is 0 Å². The van der Waals surface area contributed by atoms with Crippen molar-refractivity contribution in [1.29, 1.82) is 0 Å². The third kappa shape index (κ3) is 2.78. The van der Waals surface area contributed by atoms with E-state index in [0.29, 0.717) is 16.7 Å². The first-order valence-electron chi connectivity index (χ1n) is 6.27. The van der Waals surface area contributed by atoms with Gasteiger partial charge in [-0.1, -0.05) is 22.5 Å². The number of fused-ring (bicyclic) bond motifs is 1. The van der Waals surface area contributed by atoms with E-state index in [1.165, 1.54) is 17.0 Å². The Morgan fingerprint density at radius 1 is 1.29 bits per heavy atom. The van der Waals surface area contributed by atoms with E-state index in [4.69, 9.17) is 0 Å². The number of hydrogen-bond acceptors (Lipinski definition) is 6. The van der Waals surface area contributed by atoms with Gasteiger partial charge in [0.25, 0.3) is 5.56 Å². The number of aryl methyl sites for hydroxylation is 1. The third-order valence-electron chi connectivity index (χ3n) is 2.89. The maximum absolute atomic E-state index is 12.2. The number of anilines is 1. The molecule has 0 radical (unpaired) electrons. The fourth-order valence-corrected chi connectivity index (χ4v) is 1.86. The molecule has 0 saturated carbocycles. The lowest BCUT2D eigenvalue weighted by Crippen LogP contribution is -2.26. The van der Waals surface area contributed by atoms with Crippen molar-refractivity contribution in [1.82, 2.24) is 20.2 Å². The normalized spacial score (nSPS) is 10.7. The van der Waals surface area contributed by atoms with Crippen LogP contribution in [-0.4, -0.2) is 26.1 Å². The van der Waals surface area contributed by atoms with Crippen molar-refractivity contribution in [3.05, 3.63) is 46.9 Å². The van der Waals surface area contributed by atoms with Gasteiger partial charge in [0.05, 0.1) is 11.9 Å². The number of hydrogen-bond donors (Lipinski definition) is 1. The second-order valence-corrected chi connectivity index (χ2v) is 4.32. The fourth-order valence-electron chi connectivity index (χ4n) is 1.86. The van der Waals surface area contributed by atoms with Gasteiger partial charge in [0.15, 0.2) is 5.82 Å². The van der Waals surface area contributed by atoms with Gasteiger partial charge in [-0.3, -0.25) is 9.59 Å². The standard InChI is InChI=1S/C13H11N5O3/c19-12(14-11-6-8-21-16-11)5-7-18-13(20)9-3-1-2-4-10(9)15-17-18/h1-4,6,8H,5,7H2,(H,14,16,19). The van der Waals surface area contributed by atoms with Crippen molar-refractivity contribution < 1.29 is 9.32 Å². The molecule has 3 aromatic rings. The highest BCUT2D eigenvalue weighted by atomic mass is 16.5. The molecule has 21 heavy (non-hydrogen) atoms.